The molecule has 1 fully saturated rings. The van der Waals surface area contributed by atoms with Crippen molar-refractivity contribution in [3.8, 4) is 0 Å². The minimum absolute atomic E-state index is 0.0532. The Hall–Kier alpha value is -1.06. The maximum atomic E-state index is 11.0. The zero-order valence-corrected chi connectivity index (χ0v) is 5.50. The molecule has 10 heavy (non-hydrogen) atoms. The van der Waals surface area contributed by atoms with Crippen LogP contribution in [0.25, 0.3) is 0 Å². The number of fused-ring (bicyclic) bond motifs is 1. The van der Waals surface area contributed by atoms with Gasteiger partial charge in [0.25, 0.3) is 0 Å². The molecule has 0 spiro atoms. The second-order valence-electron chi connectivity index (χ2n) is 2.58. The van der Waals surface area contributed by atoms with E-state index in [1.54, 1.807) is 6.34 Å². The summed E-state index contributed by atoms with van der Waals surface area (Å²) in [6.45, 7) is 0.774. The van der Waals surface area contributed by atoms with Crippen molar-refractivity contribution in [3.05, 3.63) is 0 Å². The van der Waals surface area contributed by atoms with Gasteiger partial charge in [-0.3, -0.25) is 9.79 Å². The van der Waals surface area contributed by atoms with Gasteiger partial charge in [0.05, 0.1) is 12.4 Å². The van der Waals surface area contributed by atoms with E-state index in [-0.39, 0.29) is 18.0 Å². The van der Waals surface area contributed by atoms with Crippen LogP contribution in [0.3, 0.4) is 0 Å². The van der Waals surface area contributed by atoms with E-state index in [1.165, 1.54) is 0 Å². The molecule has 0 saturated carbocycles. The zero-order chi connectivity index (χ0) is 6.97. The molecule has 0 aliphatic carbocycles. The molecule has 1 amide bonds. The number of rotatable bonds is 0. The van der Waals surface area contributed by atoms with Gasteiger partial charge in [0.2, 0.25) is 5.91 Å². The summed E-state index contributed by atoms with van der Waals surface area (Å²) in [5.41, 5.74) is 0. The average molecular weight is 139 g/mol. The summed E-state index contributed by atoms with van der Waals surface area (Å²) in [6, 6.07) is 0.0995. The summed E-state index contributed by atoms with van der Waals surface area (Å²) in [5.74, 6) is 0.0532. The van der Waals surface area contributed by atoms with Crippen molar-refractivity contribution in [1.82, 2.24) is 10.6 Å². The highest BCUT2D eigenvalue weighted by Crippen LogP contribution is 2.11. The van der Waals surface area contributed by atoms with Crippen molar-refractivity contribution in [2.75, 3.05) is 6.54 Å². The lowest BCUT2D eigenvalue weighted by Gasteiger charge is -2.23. The first-order valence-corrected chi connectivity index (χ1v) is 3.43. The van der Waals surface area contributed by atoms with Crippen LogP contribution in [-0.4, -0.2) is 30.9 Å². The van der Waals surface area contributed by atoms with Gasteiger partial charge in [-0.2, -0.15) is 0 Å². The molecule has 2 heterocycles. The van der Waals surface area contributed by atoms with E-state index < -0.39 is 0 Å². The Bertz CT molecular complexity index is 189. The fraction of sp³-hybridized carbons (Fsp3) is 0.667. The number of nitrogens with zero attached hydrogens (tertiary/aromatic N) is 1. The highest BCUT2D eigenvalue weighted by Gasteiger charge is 2.33. The first kappa shape index (κ1) is 5.70. The lowest BCUT2D eigenvalue weighted by Crippen LogP contribution is -2.49. The Morgan fingerprint density at radius 2 is 2.60 bits per heavy atom. The minimum atomic E-state index is -0.159. The molecule has 0 aromatic carbocycles. The van der Waals surface area contributed by atoms with Gasteiger partial charge in [0.15, 0.2) is 6.04 Å². The molecule has 2 rings (SSSR count). The number of amides is 1. The predicted molar refractivity (Wildman–Crippen MR) is 36.8 cm³/mol. The van der Waals surface area contributed by atoms with Gasteiger partial charge in [0, 0.05) is 6.54 Å². The van der Waals surface area contributed by atoms with Gasteiger partial charge < -0.3 is 10.6 Å². The second-order valence-corrected chi connectivity index (χ2v) is 2.58. The standard InChI is InChI=1S/C6H9N3O/c10-6-5-4(1-2-7-6)8-3-9-5/h3-5H,1-2H2,(H,7,10)(H,8,9). The third kappa shape index (κ3) is 0.683. The minimum Gasteiger partial charge on any atom is -0.371 e. The van der Waals surface area contributed by atoms with Crippen LogP contribution >= 0.6 is 0 Å². The highest BCUT2D eigenvalue weighted by molar-refractivity contribution is 5.86. The van der Waals surface area contributed by atoms with E-state index in [2.05, 4.69) is 15.6 Å². The van der Waals surface area contributed by atoms with E-state index >= 15 is 0 Å². The number of aliphatic imine (C=N–C) groups is 1. The number of hydrogen-bond donors (Lipinski definition) is 2. The Labute approximate surface area is 58.7 Å². The topological polar surface area (TPSA) is 53.5 Å². The van der Waals surface area contributed by atoms with Gasteiger partial charge in [-0.1, -0.05) is 0 Å². The van der Waals surface area contributed by atoms with Crippen molar-refractivity contribution in [1.29, 1.82) is 0 Å². The molecule has 0 aromatic heterocycles. The Morgan fingerprint density at radius 3 is 3.40 bits per heavy atom. The van der Waals surface area contributed by atoms with Crippen LogP contribution in [0.4, 0.5) is 0 Å². The predicted octanol–water partition coefficient (Wildman–Crippen LogP) is -1.12. The SMILES string of the molecule is O=C1NCCC2NC=NC12. The van der Waals surface area contributed by atoms with E-state index in [9.17, 15) is 4.79 Å². The van der Waals surface area contributed by atoms with Crippen LogP contribution in [0.5, 0.6) is 0 Å². The third-order valence-corrected chi connectivity index (χ3v) is 1.93. The summed E-state index contributed by atoms with van der Waals surface area (Å²) in [5, 5.41) is 5.80. The molecule has 2 atom stereocenters. The highest BCUT2D eigenvalue weighted by atomic mass is 16.2. The first-order chi connectivity index (χ1) is 4.88. The monoisotopic (exact) mass is 139 g/mol. The fourth-order valence-electron chi connectivity index (χ4n) is 1.36. The Morgan fingerprint density at radius 1 is 1.70 bits per heavy atom. The molecule has 1 saturated heterocycles. The van der Waals surface area contributed by atoms with Gasteiger partial charge in [0.1, 0.15) is 0 Å². The maximum Gasteiger partial charge on any atom is 0.247 e. The van der Waals surface area contributed by atoms with Crippen LogP contribution in [0, 0.1) is 0 Å². The first-order valence-electron chi connectivity index (χ1n) is 3.43. The molecule has 2 N–H and O–H groups in total. The fourth-order valence-corrected chi connectivity index (χ4v) is 1.36. The molecule has 4 nitrogen and oxygen atoms in total. The molecule has 54 valence electrons. The Balaban J connectivity index is 2.16. The summed E-state index contributed by atoms with van der Waals surface area (Å²) in [7, 11) is 0. The zero-order valence-electron chi connectivity index (χ0n) is 5.50. The van der Waals surface area contributed by atoms with Gasteiger partial charge in [-0.05, 0) is 6.42 Å². The normalized spacial score (nSPS) is 36.6. The number of piperidine rings is 1. The van der Waals surface area contributed by atoms with Gasteiger partial charge >= 0.3 is 0 Å². The average Bonchev–Trinajstić information content (AvgIpc) is 2.36. The summed E-state index contributed by atoms with van der Waals surface area (Å²) < 4.78 is 0. The third-order valence-electron chi connectivity index (χ3n) is 1.93. The van der Waals surface area contributed by atoms with Crippen LogP contribution in [0.2, 0.25) is 0 Å². The maximum absolute atomic E-state index is 11.0. The van der Waals surface area contributed by atoms with Crippen LogP contribution in [-0.2, 0) is 4.79 Å². The molecular formula is C6H9N3O. The van der Waals surface area contributed by atoms with Crippen molar-refractivity contribution in [3.63, 3.8) is 0 Å². The lowest BCUT2D eigenvalue weighted by molar-refractivity contribution is -0.123. The molecule has 0 bridgehead atoms. The van der Waals surface area contributed by atoms with Crippen LogP contribution in [0.1, 0.15) is 6.42 Å². The molecule has 0 radical (unpaired) electrons. The quantitative estimate of drug-likeness (QED) is 0.446. The number of carbonyl (C=O) groups excluding carboxylic acids is 1. The number of carbonyl (C=O) groups is 1. The summed E-state index contributed by atoms with van der Waals surface area (Å²) >= 11 is 0. The lowest BCUT2D eigenvalue weighted by atomic mass is 10.0. The van der Waals surface area contributed by atoms with Crippen molar-refractivity contribution < 1.29 is 4.79 Å². The van der Waals surface area contributed by atoms with Crippen LogP contribution in [0.15, 0.2) is 4.99 Å². The van der Waals surface area contributed by atoms with Crippen molar-refractivity contribution >= 4 is 12.2 Å². The second kappa shape index (κ2) is 1.97. The van der Waals surface area contributed by atoms with E-state index in [0.717, 1.165) is 13.0 Å². The van der Waals surface area contributed by atoms with Crippen LogP contribution < -0.4 is 10.6 Å². The number of nitrogens with one attached hydrogen (secondary N) is 2. The smallest absolute Gasteiger partial charge is 0.247 e. The molecular weight excluding hydrogens is 130 g/mol. The molecule has 4 heteroatoms. The van der Waals surface area contributed by atoms with Crippen molar-refractivity contribution in [2.45, 2.75) is 18.5 Å². The summed E-state index contributed by atoms with van der Waals surface area (Å²) in [6.07, 6.45) is 2.61. The van der Waals surface area contributed by atoms with E-state index in [0.29, 0.717) is 0 Å². The number of hydrogen-bond acceptors (Lipinski definition) is 3. The van der Waals surface area contributed by atoms with E-state index in [4.69, 9.17) is 0 Å². The Kier molecular flexibility index (Phi) is 1.12. The van der Waals surface area contributed by atoms with E-state index in [1.807, 2.05) is 0 Å². The summed E-state index contributed by atoms with van der Waals surface area (Å²) in [4.78, 5) is 15.0. The van der Waals surface area contributed by atoms with Gasteiger partial charge in [-0.25, -0.2) is 0 Å². The van der Waals surface area contributed by atoms with Crippen molar-refractivity contribution in [2.24, 2.45) is 4.99 Å². The van der Waals surface area contributed by atoms with Gasteiger partial charge in [-0.15, -0.1) is 0 Å². The molecule has 2 unspecified atom stereocenters. The largest absolute Gasteiger partial charge is 0.371 e. The molecule has 2 aliphatic heterocycles. The molecule has 0 aromatic rings. The molecule has 2 aliphatic rings.